The van der Waals surface area contributed by atoms with Gasteiger partial charge in [0.25, 0.3) is 0 Å². The van der Waals surface area contributed by atoms with Gasteiger partial charge >= 0.3 is 19.8 Å². The normalized spacial score (nSPS) is 13.5. The summed E-state index contributed by atoms with van der Waals surface area (Å²) in [6, 6.07) is 0. The van der Waals surface area contributed by atoms with Crippen molar-refractivity contribution in [2.45, 2.75) is 161 Å². The minimum atomic E-state index is -4.36. The van der Waals surface area contributed by atoms with Gasteiger partial charge in [-0.3, -0.25) is 18.6 Å². The fourth-order valence-electron chi connectivity index (χ4n) is 4.62. The van der Waals surface area contributed by atoms with Gasteiger partial charge < -0.3 is 27.0 Å². The van der Waals surface area contributed by atoms with Gasteiger partial charge in [0, 0.05) is 19.4 Å². The van der Waals surface area contributed by atoms with Crippen molar-refractivity contribution in [1.29, 1.82) is 0 Å². The van der Waals surface area contributed by atoms with Crippen LogP contribution in [0.1, 0.15) is 155 Å². The smallest absolute Gasteiger partial charge is 0.462 e. The molecule has 10 heteroatoms. The molecular weight excluding hydrogens is 557 g/mol. The third-order valence-electron chi connectivity index (χ3n) is 7.14. The third-order valence-corrected chi connectivity index (χ3v) is 8.12. The topological polar surface area (TPSA) is 134 Å². The molecule has 0 heterocycles. The highest BCUT2D eigenvalue weighted by atomic mass is 31.2. The van der Waals surface area contributed by atoms with E-state index in [1.807, 2.05) is 0 Å². The maximum atomic E-state index is 12.4. The Morgan fingerprint density at radius 2 is 1.14 bits per heavy atom. The molecule has 0 bridgehead atoms. The van der Waals surface area contributed by atoms with Gasteiger partial charge in [0.05, 0.1) is 13.2 Å². The fourth-order valence-corrected chi connectivity index (χ4v) is 5.38. The Bertz CT molecular complexity index is 679. The lowest BCUT2D eigenvalue weighted by atomic mass is 10.0. The standard InChI is InChI=1S/C32H63NO8P/c1-3-5-7-9-11-13-14-15-16-17-19-20-22-24-31(34)38-28-30(29-40-42(36,37)39-27-26-33)41-32(35)25-23-21-18-12-10-8-6-4-2/h30H,2-29,33H2,1H3,(H,36,37)/q-1/t30-/m1/s1. The number of carbonyl (C=O) groups is 2. The van der Waals surface area contributed by atoms with Crippen molar-refractivity contribution in [3.63, 3.8) is 0 Å². The van der Waals surface area contributed by atoms with E-state index in [1.165, 1.54) is 77.0 Å². The highest BCUT2D eigenvalue weighted by molar-refractivity contribution is 7.47. The van der Waals surface area contributed by atoms with Gasteiger partial charge in [-0.25, -0.2) is 4.57 Å². The van der Waals surface area contributed by atoms with Crippen LogP contribution in [0.25, 0.3) is 0 Å². The molecule has 9 nitrogen and oxygen atoms in total. The molecule has 3 N–H and O–H groups in total. The Labute approximate surface area is 257 Å². The number of rotatable bonds is 32. The second-order valence-corrected chi connectivity index (χ2v) is 12.7. The number of hydrogen-bond donors (Lipinski definition) is 2. The largest absolute Gasteiger partial charge is 0.472 e. The van der Waals surface area contributed by atoms with Crippen LogP contribution in [0, 0.1) is 6.92 Å². The Kier molecular flexibility index (Phi) is 29.3. The lowest BCUT2D eigenvalue weighted by Crippen LogP contribution is -2.29. The van der Waals surface area contributed by atoms with Crippen LogP contribution in [0.15, 0.2) is 0 Å². The zero-order valence-corrected chi connectivity index (χ0v) is 27.6. The second kappa shape index (κ2) is 30.1. The molecule has 0 spiro atoms. The molecule has 0 saturated heterocycles. The first kappa shape index (κ1) is 41.0. The molecule has 2 atom stereocenters. The average molecular weight is 621 g/mol. The Morgan fingerprint density at radius 3 is 1.62 bits per heavy atom. The summed E-state index contributed by atoms with van der Waals surface area (Å²) in [6.07, 6.45) is 23.7. The van der Waals surface area contributed by atoms with Gasteiger partial charge in [-0.05, 0) is 12.8 Å². The molecule has 42 heavy (non-hydrogen) atoms. The summed E-state index contributed by atoms with van der Waals surface area (Å²) in [5.41, 5.74) is 5.30. The second-order valence-electron chi connectivity index (χ2n) is 11.3. The highest BCUT2D eigenvalue weighted by Gasteiger charge is 2.25. The molecule has 0 aromatic heterocycles. The molecule has 0 rings (SSSR count). The maximum absolute atomic E-state index is 12.4. The van der Waals surface area contributed by atoms with E-state index in [0.717, 1.165) is 51.4 Å². The lowest BCUT2D eigenvalue weighted by molar-refractivity contribution is -0.161. The van der Waals surface area contributed by atoms with Crippen molar-refractivity contribution in [2.24, 2.45) is 5.73 Å². The van der Waals surface area contributed by atoms with E-state index in [1.54, 1.807) is 0 Å². The lowest BCUT2D eigenvalue weighted by Gasteiger charge is -2.19. The first-order valence-corrected chi connectivity index (χ1v) is 18.3. The molecule has 0 aliphatic heterocycles. The molecular formula is C32H63NO8P-. The number of ether oxygens (including phenoxy) is 2. The van der Waals surface area contributed by atoms with Crippen LogP contribution < -0.4 is 5.73 Å². The zero-order valence-electron chi connectivity index (χ0n) is 26.7. The average Bonchev–Trinajstić information content (AvgIpc) is 2.97. The molecule has 0 radical (unpaired) electrons. The molecule has 1 unspecified atom stereocenters. The van der Waals surface area contributed by atoms with E-state index in [4.69, 9.17) is 24.3 Å². The molecule has 0 aliphatic rings. The molecule has 0 aromatic carbocycles. The third kappa shape index (κ3) is 29.1. The van der Waals surface area contributed by atoms with E-state index >= 15 is 0 Å². The summed E-state index contributed by atoms with van der Waals surface area (Å²) in [7, 11) is -4.36. The number of nitrogens with two attached hydrogens (primary N) is 1. The number of carbonyl (C=O) groups excluding carboxylic acids is 2. The van der Waals surface area contributed by atoms with E-state index in [-0.39, 0.29) is 38.6 Å². The van der Waals surface area contributed by atoms with Crippen molar-refractivity contribution >= 4 is 19.8 Å². The summed E-state index contributed by atoms with van der Waals surface area (Å²) < 4.78 is 32.4. The summed E-state index contributed by atoms with van der Waals surface area (Å²) in [6.45, 7) is 5.32. The van der Waals surface area contributed by atoms with E-state index in [0.29, 0.717) is 6.42 Å². The van der Waals surface area contributed by atoms with Crippen LogP contribution in [-0.4, -0.2) is 49.3 Å². The zero-order chi connectivity index (χ0) is 31.2. The minimum Gasteiger partial charge on any atom is -0.462 e. The van der Waals surface area contributed by atoms with Crippen molar-refractivity contribution in [3.05, 3.63) is 6.92 Å². The summed E-state index contributed by atoms with van der Waals surface area (Å²) in [5.74, 6) is -0.839. The molecule has 0 amide bonds. The molecule has 0 saturated carbocycles. The number of esters is 2. The van der Waals surface area contributed by atoms with Crippen molar-refractivity contribution in [3.8, 4) is 0 Å². The Morgan fingerprint density at radius 1 is 0.690 bits per heavy atom. The number of phosphoric acid groups is 1. The Balaban J connectivity index is 4.22. The Hall–Kier alpha value is -0.990. The predicted molar refractivity (Wildman–Crippen MR) is 169 cm³/mol. The molecule has 0 fully saturated rings. The quantitative estimate of drug-likeness (QED) is 0.0329. The van der Waals surface area contributed by atoms with Crippen LogP contribution in [0.3, 0.4) is 0 Å². The molecule has 250 valence electrons. The van der Waals surface area contributed by atoms with Gasteiger partial charge in [-0.15, -0.1) is 0 Å². The number of phosphoric ester groups is 1. The van der Waals surface area contributed by atoms with Crippen LogP contribution in [0.5, 0.6) is 0 Å². The van der Waals surface area contributed by atoms with E-state index in [9.17, 15) is 19.0 Å². The first-order valence-electron chi connectivity index (χ1n) is 16.8. The van der Waals surface area contributed by atoms with E-state index in [2.05, 4.69) is 13.8 Å². The van der Waals surface area contributed by atoms with Crippen molar-refractivity contribution in [1.82, 2.24) is 0 Å². The fraction of sp³-hybridized carbons (Fsp3) is 0.906. The minimum absolute atomic E-state index is 0.0545. The van der Waals surface area contributed by atoms with Gasteiger partial charge in [0.2, 0.25) is 0 Å². The van der Waals surface area contributed by atoms with Crippen LogP contribution in [0.2, 0.25) is 0 Å². The van der Waals surface area contributed by atoms with Crippen LogP contribution in [-0.2, 0) is 32.7 Å². The number of hydrogen-bond acceptors (Lipinski definition) is 8. The summed E-state index contributed by atoms with van der Waals surface area (Å²) in [5, 5.41) is 0. The van der Waals surface area contributed by atoms with Gasteiger partial charge in [-0.2, -0.15) is 6.42 Å². The van der Waals surface area contributed by atoms with E-state index < -0.39 is 26.5 Å². The summed E-state index contributed by atoms with van der Waals surface area (Å²) >= 11 is 0. The predicted octanol–water partition coefficient (Wildman–Crippen LogP) is 8.36. The van der Waals surface area contributed by atoms with Crippen LogP contribution >= 0.6 is 7.82 Å². The van der Waals surface area contributed by atoms with Gasteiger partial charge in [0.1, 0.15) is 6.61 Å². The molecule has 0 aliphatic carbocycles. The molecule has 0 aromatic rings. The van der Waals surface area contributed by atoms with Gasteiger partial charge in [-0.1, -0.05) is 122 Å². The van der Waals surface area contributed by atoms with Crippen molar-refractivity contribution < 1.29 is 37.6 Å². The van der Waals surface area contributed by atoms with Crippen LogP contribution in [0.4, 0.5) is 0 Å². The first-order chi connectivity index (χ1) is 20.3. The summed E-state index contributed by atoms with van der Waals surface area (Å²) in [4.78, 5) is 34.4. The highest BCUT2D eigenvalue weighted by Crippen LogP contribution is 2.43. The van der Waals surface area contributed by atoms with Gasteiger partial charge in [0.15, 0.2) is 6.10 Å². The van der Waals surface area contributed by atoms with Crippen molar-refractivity contribution in [2.75, 3.05) is 26.4 Å². The maximum Gasteiger partial charge on any atom is 0.472 e. The SMILES string of the molecule is [CH2-]CCCCCCCCCC(=O)O[C@H](COC(=O)CCCCCCCCCCCCCCC)COP(=O)(O)OCCN. The number of unbranched alkanes of at least 4 members (excludes halogenated alkanes) is 19. The monoisotopic (exact) mass is 620 g/mol.